The van der Waals surface area contributed by atoms with Crippen LogP contribution in [0.4, 0.5) is 0 Å². The average molecular weight is 925 g/mol. The van der Waals surface area contributed by atoms with Crippen molar-refractivity contribution in [3.63, 3.8) is 0 Å². The number of ether oxygens (including phenoxy) is 4. The van der Waals surface area contributed by atoms with E-state index in [1.807, 2.05) is 0 Å². The second-order valence-corrected chi connectivity index (χ2v) is 14.7. The molecule has 0 saturated carbocycles. The number of aromatic hydroxyl groups is 6. The van der Waals surface area contributed by atoms with Gasteiger partial charge in [0.2, 0.25) is 23.8 Å². The van der Waals surface area contributed by atoms with Gasteiger partial charge in [0.15, 0.2) is 34.9 Å². The first-order chi connectivity index (χ1) is 31.1. The lowest BCUT2D eigenvalue weighted by Gasteiger charge is -2.39. The Balaban J connectivity index is 0.000000256. The molecule has 0 amide bonds. The van der Waals surface area contributed by atoms with Crippen molar-refractivity contribution >= 4 is 33.9 Å². The molecule has 14 N–H and O–H groups in total. The summed E-state index contributed by atoms with van der Waals surface area (Å²) >= 11 is 0. The molecule has 2 unspecified atom stereocenters. The number of fused-ring (bicyclic) bond motifs is 2. The van der Waals surface area contributed by atoms with Crippen LogP contribution in [0.25, 0.3) is 44.6 Å². The molecule has 2 aliphatic rings. The summed E-state index contributed by atoms with van der Waals surface area (Å²) in [6.45, 7) is 0. The Morgan fingerprint density at radius 3 is 1.65 bits per heavy atom. The van der Waals surface area contributed by atoms with E-state index in [-0.39, 0.29) is 50.5 Å². The zero-order chi connectivity index (χ0) is 48.0. The van der Waals surface area contributed by atoms with Crippen LogP contribution in [0.15, 0.2) is 91.2 Å². The molecule has 2 aliphatic heterocycles. The quantitative estimate of drug-likeness (QED) is 0.0871. The molecule has 0 radical (unpaired) electrons. The lowest BCUT2D eigenvalue weighted by Crippen LogP contribution is -2.61. The third kappa shape index (κ3) is 8.88. The van der Waals surface area contributed by atoms with Crippen LogP contribution in [0.1, 0.15) is 0 Å². The Bertz CT molecular complexity index is 2940. The Morgan fingerprint density at radius 2 is 1.08 bits per heavy atom. The third-order valence-corrected chi connectivity index (χ3v) is 10.2. The standard InChI is InChI=1S/C27H26O18.C15H10O6/c28-9-2-1-7(3-10(9)29)12-6-11(30)15-13(42-12)4-8(41-26-20(35)16(31)18(33)22(44-26)24(37)38)5-14(15)43-27-21(36)17(32)19(34)23(45-27)25(39)40;16-8-3-1-7(2-4-8)15-14(20)13(19)12-10(18)5-9(17)6-11(12)21-15/h1-6,16-23,26-29,31-36H,(H,37,38)(H,39,40);1-6,16-18,20H/t16-,17-,18-,19-,20+,21+,22-,23-,26?,27?;/m0./s1. The monoisotopic (exact) mass is 924 g/mol. The lowest BCUT2D eigenvalue weighted by molar-refractivity contribution is -0.272. The average Bonchev–Trinajstić information content (AvgIpc) is 3.26. The van der Waals surface area contributed by atoms with Gasteiger partial charge in [-0.05, 0) is 42.5 Å². The fourth-order valence-electron chi connectivity index (χ4n) is 6.85. The van der Waals surface area contributed by atoms with Crippen LogP contribution in [0.5, 0.6) is 46.0 Å². The molecule has 2 aromatic heterocycles. The number of aliphatic hydroxyl groups excluding tert-OH is 6. The van der Waals surface area contributed by atoms with Gasteiger partial charge in [-0.25, -0.2) is 9.59 Å². The van der Waals surface area contributed by atoms with Crippen LogP contribution in [-0.4, -0.2) is 145 Å². The minimum absolute atomic E-state index is 0.0247. The van der Waals surface area contributed by atoms with Gasteiger partial charge in [0.05, 0.1) is 0 Å². The smallest absolute Gasteiger partial charge is 0.335 e. The molecule has 66 heavy (non-hydrogen) atoms. The van der Waals surface area contributed by atoms with Gasteiger partial charge < -0.3 is 99.3 Å². The molecule has 0 spiro atoms. The summed E-state index contributed by atoms with van der Waals surface area (Å²) in [6.07, 6.45) is -20.4. The molecule has 4 aromatic carbocycles. The van der Waals surface area contributed by atoms with Crippen LogP contribution < -0.4 is 20.3 Å². The number of aliphatic carboxylic acids is 2. The minimum atomic E-state index is -2.08. The first-order valence-electron chi connectivity index (χ1n) is 19.0. The highest BCUT2D eigenvalue weighted by Gasteiger charge is 2.49. The molecular formula is C42H36O24. The predicted molar refractivity (Wildman–Crippen MR) is 216 cm³/mol. The molecule has 4 heterocycles. The Kier molecular flexibility index (Phi) is 12.7. The SMILES string of the molecule is O=C(O)[C@H]1OC(Oc2cc(OC3O[C@H](C(=O)O)[C@@H](O)[C@H](O)[C@H]3O)c3c(=O)cc(-c4ccc(O)c(O)c4)oc3c2)[C@H](O)[C@@H](O)[C@@H]1O.O=c1c(O)c(-c2ccc(O)cc2)oc2cc(O)cc(O)c12. The van der Waals surface area contributed by atoms with E-state index in [2.05, 4.69) is 0 Å². The van der Waals surface area contributed by atoms with Gasteiger partial charge >= 0.3 is 11.9 Å². The van der Waals surface area contributed by atoms with Crippen molar-refractivity contribution in [1.82, 2.24) is 0 Å². The highest BCUT2D eigenvalue weighted by atomic mass is 16.7. The first-order valence-corrected chi connectivity index (χ1v) is 19.0. The summed E-state index contributed by atoms with van der Waals surface area (Å²) in [4.78, 5) is 48.5. The zero-order valence-corrected chi connectivity index (χ0v) is 33.0. The van der Waals surface area contributed by atoms with E-state index < -0.39 is 119 Å². The molecule has 2 fully saturated rings. The van der Waals surface area contributed by atoms with Gasteiger partial charge in [-0.1, -0.05) is 0 Å². The molecule has 348 valence electrons. The van der Waals surface area contributed by atoms with E-state index in [9.17, 15) is 90.7 Å². The highest BCUT2D eigenvalue weighted by Crippen LogP contribution is 2.38. The van der Waals surface area contributed by atoms with Crippen LogP contribution in [0, 0.1) is 0 Å². The number of carbonyl (C=O) groups is 2. The van der Waals surface area contributed by atoms with Crippen molar-refractivity contribution in [3.8, 4) is 68.6 Å². The summed E-state index contributed by atoms with van der Waals surface area (Å²) < 4.78 is 32.6. The number of hydrogen-bond acceptors (Lipinski definition) is 22. The summed E-state index contributed by atoms with van der Waals surface area (Å²) in [5.74, 6) is -7.03. The molecule has 8 rings (SSSR count). The van der Waals surface area contributed by atoms with Crippen molar-refractivity contribution in [2.45, 2.75) is 61.4 Å². The molecule has 10 atom stereocenters. The lowest BCUT2D eigenvalue weighted by atomic mass is 9.99. The predicted octanol–water partition coefficient (Wildman–Crippen LogP) is -0.304. The van der Waals surface area contributed by atoms with E-state index in [1.54, 1.807) is 0 Å². The number of phenolic OH excluding ortho intramolecular Hbond substituents is 5. The molecule has 24 heteroatoms. The fourth-order valence-corrected chi connectivity index (χ4v) is 6.85. The summed E-state index contributed by atoms with van der Waals surface area (Å²) in [6, 6.07) is 14.3. The number of carboxylic acid groups (broad SMARTS) is 2. The molecule has 0 aliphatic carbocycles. The van der Waals surface area contributed by atoms with Gasteiger partial charge in [-0.2, -0.15) is 0 Å². The summed E-state index contributed by atoms with van der Waals surface area (Å²) in [5, 5.41) is 137. The van der Waals surface area contributed by atoms with Crippen molar-refractivity contribution in [1.29, 1.82) is 0 Å². The van der Waals surface area contributed by atoms with Crippen LogP contribution >= 0.6 is 0 Å². The normalized spacial score (nSPS) is 25.1. The minimum Gasteiger partial charge on any atom is -0.508 e. The maximum atomic E-state index is 13.3. The van der Waals surface area contributed by atoms with Gasteiger partial charge in [0, 0.05) is 41.5 Å². The largest absolute Gasteiger partial charge is 0.508 e. The highest BCUT2D eigenvalue weighted by molar-refractivity contribution is 5.88. The number of hydrogen-bond donors (Lipinski definition) is 14. The third-order valence-electron chi connectivity index (χ3n) is 10.2. The van der Waals surface area contributed by atoms with E-state index in [4.69, 9.17) is 27.8 Å². The maximum absolute atomic E-state index is 13.3. The Hall–Kier alpha value is -7.68. The number of aliphatic hydroxyl groups is 6. The van der Waals surface area contributed by atoms with Crippen LogP contribution in [0.3, 0.4) is 0 Å². The van der Waals surface area contributed by atoms with E-state index >= 15 is 0 Å². The maximum Gasteiger partial charge on any atom is 0.335 e. The van der Waals surface area contributed by atoms with E-state index in [1.165, 1.54) is 36.4 Å². The molecule has 0 bridgehead atoms. The zero-order valence-electron chi connectivity index (χ0n) is 33.0. The first kappa shape index (κ1) is 46.3. The number of phenols is 5. The van der Waals surface area contributed by atoms with E-state index in [0.717, 1.165) is 36.4 Å². The van der Waals surface area contributed by atoms with Crippen molar-refractivity contribution in [3.05, 3.63) is 93.2 Å². The fraction of sp³-hybridized carbons (Fsp3) is 0.238. The number of rotatable bonds is 8. The Labute approximate surface area is 365 Å². The van der Waals surface area contributed by atoms with Crippen molar-refractivity contribution < 1.29 is 109 Å². The second kappa shape index (κ2) is 18.1. The molecule has 2 saturated heterocycles. The molecular weight excluding hydrogens is 888 g/mol. The Morgan fingerprint density at radius 1 is 0.515 bits per heavy atom. The van der Waals surface area contributed by atoms with E-state index in [0.29, 0.717) is 5.56 Å². The van der Waals surface area contributed by atoms with Gasteiger partial charge in [0.1, 0.15) is 93.1 Å². The molecule has 6 aromatic rings. The van der Waals surface area contributed by atoms with Crippen LogP contribution in [-0.2, 0) is 19.1 Å². The van der Waals surface area contributed by atoms with Crippen molar-refractivity contribution in [2.24, 2.45) is 0 Å². The number of benzene rings is 4. The molecule has 24 nitrogen and oxygen atoms in total. The summed E-state index contributed by atoms with van der Waals surface area (Å²) in [5.41, 5.74) is -1.56. The topological polar surface area (TPSA) is 415 Å². The number of carboxylic acids is 2. The van der Waals surface area contributed by atoms with Crippen molar-refractivity contribution in [2.75, 3.05) is 0 Å². The van der Waals surface area contributed by atoms with Crippen LogP contribution in [0.2, 0.25) is 0 Å². The second-order valence-electron chi connectivity index (χ2n) is 14.7. The van der Waals surface area contributed by atoms with Gasteiger partial charge in [0.25, 0.3) is 0 Å². The van der Waals surface area contributed by atoms with Gasteiger partial charge in [-0.3, -0.25) is 9.59 Å². The summed E-state index contributed by atoms with van der Waals surface area (Å²) in [7, 11) is 0. The van der Waals surface area contributed by atoms with Gasteiger partial charge in [-0.15, -0.1) is 0 Å².